The van der Waals surface area contributed by atoms with Crippen molar-refractivity contribution in [2.75, 3.05) is 0 Å². The van der Waals surface area contributed by atoms with E-state index < -0.39 is 34.9 Å². The first-order valence-electron chi connectivity index (χ1n) is 11.7. The number of carbonyl (C=O) groups is 1. The molecule has 0 saturated carbocycles. The molecule has 0 radical (unpaired) electrons. The van der Waals surface area contributed by atoms with Crippen LogP contribution in [0.4, 0.5) is 13.2 Å². The second-order valence-corrected chi connectivity index (χ2v) is 9.16. The molecule has 0 atom stereocenters. The molecule has 8 heteroatoms. The van der Waals surface area contributed by atoms with E-state index in [1.165, 1.54) is 0 Å². The van der Waals surface area contributed by atoms with Crippen molar-refractivity contribution in [2.45, 2.75) is 32.5 Å². The summed E-state index contributed by atoms with van der Waals surface area (Å²) in [7, 11) is 0. The number of aromatic nitrogens is 1. The van der Waals surface area contributed by atoms with Crippen molar-refractivity contribution in [3.63, 3.8) is 0 Å². The average molecular weight is 505 g/mol. The fourth-order valence-electron chi connectivity index (χ4n) is 4.54. The number of carbonyl (C=O) groups excluding carboxylic acids is 1. The van der Waals surface area contributed by atoms with E-state index in [0.29, 0.717) is 28.2 Å². The number of nitrogens with one attached hydrogen (secondary N) is 2. The predicted octanol–water partition coefficient (Wildman–Crippen LogP) is 6.23. The minimum Gasteiger partial charge on any atom is -0.457 e. The zero-order chi connectivity index (χ0) is 26.3. The van der Waals surface area contributed by atoms with E-state index in [9.17, 15) is 22.8 Å². The lowest BCUT2D eigenvalue weighted by atomic mass is 9.92. The molecular weight excluding hydrogens is 481 g/mol. The van der Waals surface area contributed by atoms with Gasteiger partial charge >= 0.3 is 6.18 Å². The Morgan fingerprint density at radius 1 is 0.919 bits per heavy atom. The lowest BCUT2D eigenvalue weighted by molar-refractivity contribution is -0.141. The van der Waals surface area contributed by atoms with Gasteiger partial charge in [-0.05, 0) is 60.7 Å². The largest absolute Gasteiger partial charge is 0.457 e. The molecule has 2 N–H and O–H groups in total. The summed E-state index contributed by atoms with van der Waals surface area (Å²) in [5.41, 5.74) is 1.05. The Morgan fingerprint density at radius 3 is 2.08 bits per heavy atom. The molecule has 0 spiro atoms. The number of rotatable bonds is 4. The van der Waals surface area contributed by atoms with Crippen LogP contribution in [-0.2, 0) is 12.6 Å². The first-order chi connectivity index (χ1) is 17.6. The number of alkyl halides is 3. The van der Waals surface area contributed by atoms with Crippen LogP contribution in [-0.4, -0.2) is 10.9 Å². The van der Waals surface area contributed by atoms with E-state index in [-0.39, 0.29) is 12.0 Å². The molecular formula is C29H23F3N2O3. The first kappa shape index (κ1) is 24.4. The van der Waals surface area contributed by atoms with E-state index in [4.69, 9.17) is 4.74 Å². The van der Waals surface area contributed by atoms with Crippen LogP contribution in [0.5, 0.6) is 11.5 Å². The molecule has 4 aromatic rings. The van der Waals surface area contributed by atoms with Crippen molar-refractivity contribution in [3.8, 4) is 11.5 Å². The number of hydrogen-bond donors (Lipinski definition) is 2. The highest BCUT2D eigenvalue weighted by atomic mass is 19.4. The second kappa shape index (κ2) is 9.28. The van der Waals surface area contributed by atoms with E-state index in [0.717, 1.165) is 17.2 Å². The number of hydrogen-bond acceptors (Lipinski definition) is 3. The standard InChI is InChI=1S/C29H23F3N2O3/c1-16-8-10-20-23(12-16)37-24-13-17(2)9-11-21(24)25(20)33-27(35)22-15-19(14-18-6-4-3-5-7-18)26(29(30,31)32)34-28(22)36/h3-13,15,25H,14H2,1-2H3,(H,33,35)(H,34,36). The molecule has 1 aliphatic rings. The SMILES string of the molecule is Cc1ccc2c(c1)Oc1cc(C)ccc1C2NC(=O)c1cc(Cc2ccccc2)c(C(F)(F)F)[nH]c1=O. The molecule has 5 nitrogen and oxygen atoms in total. The molecule has 2 heterocycles. The summed E-state index contributed by atoms with van der Waals surface area (Å²) in [5, 5.41) is 2.86. The molecule has 1 aromatic heterocycles. The molecule has 0 unspecified atom stereocenters. The van der Waals surface area contributed by atoms with Crippen LogP contribution in [0.25, 0.3) is 0 Å². The van der Waals surface area contributed by atoms with Gasteiger partial charge in [0.05, 0.1) is 6.04 Å². The Bertz CT molecular complexity index is 1510. The lowest BCUT2D eigenvalue weighted by Crippen LogP contribution is -2.35. The summed E-state index contributed by atoms with van der Waals surface area (Å²) in [6, 6.07) is 20.0. The summed E-state index contributed by atoms with van der Waals surface area (Å²) in [6.07, 6.45) is -4.89. The normalized spacial score (nSPS) is 12.9. The van der Waals surface area contributed by atoms with Crippen molar-refractivity contribution in [1.29, 1.82) is 0 Å². The Labute approximate surface area is 210 Å². The van der Waals surface area contributed by atoms with Gasteiger partial charge in [0, 0.05) is 11.1 Å². The van der Waals surface area contributed by atoms with Crippen molar-refractivity contribution in [1.82, 2.24) is 10.3 Å². The Balaban J connectivity index is 1.56. The number of benzene rings is 3. The van der Waals surface area contributed by atoms with E-state index >= 15 is 0 Å². The second-order valence-electron chi connectivity index (χ2n) is 9.16. The van der Waals surface area contributed by atoms with Crippen LogP contribution in [0.15, 0.2) is 77.6 Å². The number of amides is 1. The third-order valence-electron chi connectivity index (χ3n) is 6.34. The fourth-order valence-corrected chi connectivity index (χ4v) is 4.54. The Kier molecular flexibility index (Phi) is 6.11. The van der Waals surface area contributed by atoms with Gasteiger partial charge in [-0.25, -0.2) is 0 Å². The van der Waals surface area contributed by atoms with Crippen molar-refractivity contribution in [3.05, 3.63) is 128 Å². The number of ether oxygens (including phenoxy) is 1. The topological polar surface area (TPSA) is 71.2 Å². The van der Waals surface area contributed by atoms with Crippen LogP contribution >= 0.6 is 0 Å². The number of pyridine rings is 1. The lowest BCUT2D eigenvalue weighted by Gasteiger charge is -2.29. The molecule has 0 fully saturated rings. The highest BCUT2D eigenvalue weighted by molar-refractivity contribution is 5.94. The molecule has 0 saturated heterocycles. The number of fused-ring (bicyclic) bond motifs is 2. The highest BCUT2D eigenvalue weighted by Crippen LogP contribution is 2.43. The molecule has 37 heavy (non-hydrogen) atoms. The van der Waals surface area contributed by atoms with Crippen LogP contribution in [0.1, 0.15) is 55.5 Å². The summed E-state index contributed by atoms with van der Waals surface area (Å²) < 4.78 is 47.3. The van der Waals surface area contributed by atoms with Gasteiger partial charge in [0.2, 0.25) is 0 Å². The maximum absolute atomic E-state index is 13.7. The van der Waals surface area contributed by atoms with Gasteiger partial charge in [0.1, 0.15) is 22.8 Å². The summed E-state index contributed by atoms with van der Waals surface area (Å²) in [6.45, 7) is 3.83. The first-order valence-corrected chi connectivity index (χ1v) is 11.7. The molecule has 188 valence electrons. The quantitative estimate of drug-likeness (QED) is 0.346. The van der Waals surface area contributed by atoms with Gasteiger partial charge < -0.3 is 15.0 Å². The van der Waals surface area contributed by atoms with Crippen LogP contribution < -0.4 is 15.6 Å². The smallest absolute Gasteiger partial charge is 0.431 e. The minimum absolute atomic E-state index is 0.103. The van der Waals surface area contributed by atoms with Crippen molar-refractivity contribution < 1.29 is 22.7 Å². The highest BCUT2D eigenvalue weighted by Gasteiger charge is 2.36. The maximum atomic E-state index is 13.7. The van der Waals surface area contributed by atoms with Gasteiger partial charge in [-0.15, -0.1) is 0 Å². The maximum Gasteiger partial charge on any atom is 0.431 e. The van der Waals surface area contributed by atoms with Gasteiger partial charge in [0.25, 0.3) is 11.5 Å². The number of halogens is 3. The third kappa shape index (κ3) is 4.87. The van der Waals surface area contributed by atoms with Gasteiger partial charge in [-0.1, -0.05) is 54.6 Å². The molecule has 3 aromatic carbocycles. The van der Waals surface area contributed by atoms with Crippen molar-refractivity contribution >= 4 is 5.91 Å². The summed E-state index contributed by atoms with van der Waals surface area (Å²) in [5.74, 6) is 0.346. The third-order valence-corrected chi connectivity index (χ3v) is 6.34. The van der Waals surface area contributed by atoms with E-state index in [1.54, 1.807) is 30.3 Å². The molecule has 5 rings (SSSR count). The Hall–Kier alpha value is -4.33. The molecule has 0 aliphatic carbocycles. The van der Waals surface area contributed by atoms with Crippen LogP contribution in [0, 0.1) is 13.8 Å². The van der Waals surface area contributed by atoms with E-state index in [1.807, 2.05) is 55.2 Å². The van der Waals surface area contributed by atoms with Crippen molar-refractivity contribution in [2.24, 2.45) is 0 Å². The average Bonchev–Trinajstić information content (AvgIpc) is 2.84. The molecule has 0 bridgehead atoms. The van der Waals surface area contributed by atoms with Crippen LogP contribution in [0.3, 0.4) is 0 Å². The minimum atomic E-state index is -4.79. The number of H-pyrrole nitrogens is 1. The fraction of sp³-hybridized carbons (Fsp3) is 0.172. The van der Waals surface area contributed by atoms with Gasteiger partial charge in [0.15, 0.2) is 0 Å². The summed E-state index contributed by atoms with van der Waals surface area (Å²) in [4.78, 5) is 28.0. The zero-order valence-corrected chi connectivity index (χ0v) is 20.1. The van der Waals surface area contributed by atoms with Gasteiger partial charge in [-0.3, -0.25) is 9.59 Å². The number of aryl methyl sites for hydroxylation is 2. The van der Waals surface area contributed by atoms with E-state index in [2.05, 4.69) is 5.32 Å². The molecule has 1 amide bonds. The Morgan fingerprint density at radius 2 is 1.51 bits per heavy atom. The zero-order valence-electron chi connectivity index (χ0n) is 20.1. The monoisotopic (exact) mass is 504 g/mol. The predicted molar refractivity (Wildman–Crippen MR) is 133 cm³/mol. The van der Waals surface area contributed by atoms with Gasteiger partial charge in [-0.2, -0.15) is 13.2 Å². The van der Waals surface area contributed by atoms with Crippen LogP contribution in [0.2, 0.25) is 0 Å². The summed E-state index contributed by atoms with van der Waals surface area (Å²) >= 11 is 0. The molecule has 1 aliphatic heterocycles. The number of aromatic amines is 1.